The highest BCUT2D eigenvalue weighted by atomic mass is 19.4. The van der Waals surface area contributed by atoms with Crippen molar-refractivity contribution < 1.29 is 22.3 Å². The van der Waals surface area contributed by atoms with Gasteiger partial charge in [-0.1, -0.05) is 0 Å². The van der Waals surface area contributed by atoms with E-state index in [1.165, 1.54) is 0 Å². The van der Waals surface area contributed by atoms with Crippen LogP contribution in [0, 0.1) is 5.82 Å². The fourth-order valence-corrected chi connectivity index (χ4v) is 0.946. The fraction of sp³-hybridized carbons (Fsp3) is 0.333. The molecule has 0 atom stereocenters. The molecule has 78 valence electrons. The van der Waals surface area contributed by atoms with E-state index in [0.29, 0.717) is 12.1 Å². The maximum Gasteiger partial charge on any atom is 0.416 e. The van der Waals surface area contributed by atoms with Gasteiger partial charge in [0.15, 0.2) is 11.6 Å². The maximum atomic E-state index is 12.9. The summed E-state index contributed by atoms with van der Waals surface area (Å²) < 4.78 is 54.0. The molecule has 0 N–H and O–H groups in total. The van der Waals surface area contributed by atoms with Crippen molar-refractivity contribution in [1.82, 2.24) is 0 Å². The van der Waals surface area contributed by atoms with E-state index in [1.807, 2.05) is 0 Å². The summed E-state index contributed by atoms with van der Waals surface area (Å²) in [6.45, 7) is 1.69. The Balaban J connectivity index is 3.06. The Hall–Kier alpha value is -1.26. The van der Waals surface area contributed by atoms with E-state index < -0.39 is 17.6 Å². The minimum absolute atomic E-state index is 0.123. The molecule has 1 rings (SSSR count). The van der Waals surface area contributed by atoms with Crippen molar-refractivity contribution in [2.24, 2.45) is 0 Å². The first-order chi connectivity index (χ1) is 6.45. The molecule has 0 unspecified atom stereocenters. The topological polar surface area (TPSA) is 9.23 Å². The molecule has 1 aromatic rings. The highest BCUT2D eigenvalue weighted by molar-refractivity contribution is 5.31. The molecule has 0 radical (unpaired) electrons. The largest absolute Gasteiger partial charge is 0.491 e. The van der Waals surface area contributed by atoms with Gasteiger partial charge in [0.1, 0.15) is 0 Å². The Labute approximate surface area is 78.3 Å². The average molecular weight is 208 g/mol. The monoisotopic (exact) mass is 208 g/mol. The molecule has 0 heterocycles. The van der Waals surface area contributed by atoms with Crippen molar-refractivity contribution in [3.63, 3.8) is 0 Å². The van der Waals surface area contributed by atoms with Crippen molar-refractivity contribution in [1.29, 1.82) is 0 Å². The lowest BCUT2D eigenvalue weighted by molar-refractivity contribution is -0.137. The minimum Gasteiger partial charge on any atom is -0.491 e. The second-order valence-corrected chi connectivity index (χ2v) is 2.58. The molecule has 0 saturated carbocycles. The van der Waals surface area contributed by atoms with Gasteiger partial charge in [0.05, 0.1) is 12.2 Å². The fourth-order valence-electron chi connectivity index (χ4n) is 0.946. The maximum absolute atomic E-state index is 12.9. The van der Waals surface area contributed by atoms with Crippen molar-refractivity contribution >= 4 is 0 Å². The van der Waals surface area contributed by atoms with Crippen LogP contribution in [0.25, 0.3) is 0 Å². The molecule has 0 spiro atoms. The predicted molar refractivity (Wildman–Crippen MR) is 42.6 cm³/mol. The van der Waals surface area contributed by atoms with Crippen molar-refractivity contribution in [3.05, 3.63) is 29.6 Å². The van der Waals surface area contributed by atoms with Crippen molar-refractivity contribution in [3.8, 4) is 5.75 Å². The molecule has 0 aliphatic heterocycles. The van der Waals surface area contributed by atoms with Gasteiger partial charge >= 0.3 is 6.18 Å². The summed E-state index contributed by atoms with van der Waals surface area (Å²) in [5.74, 6) is -1.16. The highest BCUT2D eigenvalue weighted by Crippen LogP contribution is 2.32. The summed E-state index contributed by atoms with van der Waals surface area (Å²) in [5.41, 5.74) is -0.914. The van der Waals surface area contributed by atoms with Crippen LogP contribution in [0.15, 0.2) is 18.2 Å². The third kappa shape index (κ3) is 2.37. The smallest absolute Gasteiger partial charge is 0.416 e. The van der Waals surface area contributed by atoms with Gasteiger partial charge in [0.2, 0.25) is 0 Å². The van der Waals surface area contributed by atoms with Crippen LogP contribution in [-0.2, 0) is 6.18 Å². The summed E-state index contributed by atoms with van der Waals surface area (Å²) >= 11 is 0. The number of alkyl halides is 3. The van der Waals surface area contributed by atoms with Gasteiger partial charge in [0.25, 0.3) is 0 Å². The number of hydrogen-bond donors (Lipinski definition) is 0. The molecule has 0 amide bonds. The lowest BCUT2D eigenvalue weighted by Crippen LogP contribution is -2.06. The van der Waals surface area contributed by atoms with Crippen LogP contribution < -0.4 is 4.74 Å². The summed E-state index contributed by atoms with van der Waals surface area (Å²) in [6.07, 6.45) is -4.47. The third-order valence-corrected chi connectivity index (χ3v) is 1.56. The zero-order valence-corrected chi connectivity index (χ0v) is 7.36. The quantitative estimate of drug-likeness (QED) is 0.678. The molecule has 14 heavy (non-hydrogen) atoms. The van der Waals surface area contributed by atoms with Gasteiger partial charge in [0, 0.05) is 0 Å². The van der Waals surface area contributed by atoms with E-state index in [0.717, 1.165) is 6.07 Å². The molecule has 0 fully saturated rings. The number of halogens is 4. The summed E-state index contributed by atoms with van der Waals surface area (Å²) in [6, 6.07) is 2.07. The molecule has 5 heteroatoms. The van der Waals surface area contributed by atoms with Crippen LogP contribution in [0.3, 0.4) is 0 Å². The Kier molecular flexibility index (Phi) is 2.98. The molecule has 0 aliphatic rings. The zero-order valence-electron chi connectivity index (χ0n) is 7.36. The van der Waals surface area contributed by atoms with E-state index in [2.05, 4.69) is 0 Å². The Morgan fingerprint density at radius 3 is 2.43 bits per heavy atom. The third-order valence-electron chi connectivity index (χ3n) is 1.56. The molecular formula is C9H8F4O. The van der Waals surface area contributed by atoms with Crippen molar-refractivity contribution in [2.75, 3.05) is 6.61 Å². The van der Waals surface area contributed by atoms with Crippen LogP contribution in [0.5, 0.6) is 5.75 Å². The van der Waals surface area contributed by atoms with Crippen LogP contribution in [-0.4, -0.2) is 6.61 Å². The van der Waals surface area contributed by atoms with E-state index >= 15 is 0 Å². The van der Waals surface area contributed by atoms with Gasteiger partial charge < -0.3 is 4.74 Å². The summed E-state index contributed by atoms with van der Waals surface area (Å²) in [5, 5.41) is 0. The van der Waals surface area contributed by atoms with E-state index in [4.69, 9.17) is 4.74 Å². The second kappa shape index (κ2) is 3.86. The zero-order chi connectivity index (χ0) is 10.8. The molecule has 1 aromatic carbocycles. The first kappa shape index (κ1) is 10.8. The van der Waals surface area contributed by atoms with Crippen LogP contribution in [0.2, 0.25) is 0 Å². The van der Waals surface area contributed by atoms with Gasteiger partial charge in [-0.15, -0.1) is 0 Å². The molecule has 0 bridgehead atoms. The summed E-state index contributed by atoms with van der Waals surface area (Å²) in [7, 11) is 0. The minimum atomic E-state index is -4.47. The van der Waals surface area contributed by atoms with E-state index in [1.54, 1.807) is 6.92 Å². The van der Waals surface area contributed by atoms with Gasteiger partial charge in [-0.3, -0.25) is 0 Å². The SMILES string of the molecule is CCOc1cc(C(F)(F)F)ccc1F. The number of ether oxygens (including phenoxy) is 1. The Morgan fingerprint density at radius 2 is 1.93 bits per heavy atom. The molecular weight excluding hydrogens is 200 g/mol. The van der Waals surface area contributed by atoms with Crippen LogP contribution in [0.4, 0.5) is 17.6 Å². The van der Waals surface area contributed by atoms with Crippen LogP contribution >= 0.6 is 0 Å². The predicted octanol–water partition coefficient (Wildman–Crippen LogP) is 3.24. The lowest BCUT2D eigenvalue weighted by atomic mass is 10.2. The molecule has 0 saturated heterocycles. The standard InChI is InChI=1S/C9H8F4O/c1-2-14-8-5-6(9(11,12)13)3-4-7(8)10/h3-5H,2H2,1H3. The molecule has 1 nitrogen and oxygen atoms in total. The Bertz CT molecular complexity index is 319. The first-order valence-electron chi connectivity index (χ1n) is 3.94. The number of rotatable bonds is 2. The summed E-state index contributed by atoms with van der Waals surface area (Å²) in [4.78, 5) is 0. The number of benzene rings is 1. The first-order valence-corrected chi connectivity index (χ1v) is 3.94. The van der Waals surface area contributed by atoms with Crippen LogP contribution in [0.1, 0.15) is 12.5 Å². The van der Waals surface area contributed by atoms with Gasteiger partial charge in [-0.2, -0.15) is 13.2 Å². The normalized spacial score (nSPS) is 11.5. The number of hydrogen-bond acceptors (Lipinski definition) is 1. The van der Waals surface area contributed by atoms with Gasteiger partial charge in [-0.25, -0.2) is 4.39 Å². The molecule has 0 aliphatic carbocycles. The Morgan fingerprint density at radius 1 is 1.29 bits per heavy atom. The van der Waals surface area contributed by atoms with E-state index in [9.17, 15) is 17.6 Å². The second-order valence-electron chi connectivity index (χ2n) is 2.58. The van der Waals surface area contributed by atoms with Gasteiger partial charge in [-0.05, 0) is 25.1 Å². The average Bonchev–Trinajstić information content (AvgIpc) is 2.07. The highest BCUT2D eigenvalue weighted by Gasteiger charge is 2.31. The molecule has 0 aromatic heterocycles. The van der Waals surface area contributed by atoms with Crippen molar-refractivity contribution in [2.45, 2.75) is 13.1 Å². The lowest BCUT2D eigenvalue weighted by Gasteiger charge is -2.09. The van der Waals surface area contributed by atoms with E-state index in [-0.39, 0.29) is 12.4 Å².